The first kappa shape index (κ1) is 24.4. The molecule has 2 amide bonds. The Morgan fingerprint density at radius 2 is 1.00 bits per heavy atom. The zero-order valence-corrected chi connectivity index (χ0v) is 20.2. The van der Waals surface area contributed by atoms with Gasteiger partial charge in [-0.25, -0.2) is 0 Å². The summed E-state index contributed by atoms with van der Waals surface area (Å²) in [4.78, 5) is 29.8. The summed E-state index contributed by atoms with van der Waals surface area (Å²) in [5.41, 5.74) is 13.7. The van der Waals surface area contributed by atoms with E-state index in [0.717, 1.165) is 32.9 Å². The van der Waals surface area contributed by atoms with Crippen LogP contribution in [0.3, 0.4) is 0 Å². The summed E-state index contributed by atoms with van der Waals surface area (Å²) in [7, 11) is 0. The number of fused-ring (bicyclic) bond motifs is 2. The standard InChI is InChI=1S/C29H32N4O2/c1-20(30)28(34)32(26-16-7-12-22-10-3-5-14-24(22)26)18-9-19-33(29(35)21(2)31)27-17-8-13-23-11-4-6-15-25(23)27/h3-8,10-17,20-21H,9,18-19,30-31H2,1-2H3/t20-,21-/m0/s1. The third-order valence-corrected chi connectivity index (χ3v) is 6.19. The van der Waals surface area contributed by atoms with Crippen LogP contribution in [0.2, 0.25) is 0 Å². The molecule has 6 heteroatoms. The minimum atomic E-state index is -0.645. The average Bonchev–Trinajstić information content (AvgIpc) is 2.87. The summed E-state index contributed by atoms with van der Waals surface area (Å²) in [6.45, 7) is 4.23. The van der Waals surface area contributed by atoms with Gasteiger partial charge in [-0.1, -0.05) is 72.8 Å². The van der Waals surface area contributed by atoms with Crippen LogP contribution in [-0.2, 0) is 9.59 Å². The van der Waals surface area contributed by atoms with Crippen molar-refractivity contribution >= 4 is 44.7 Å². The van der Waals surface area contributed by atoms with Crippen molar-refractivity contribution in [1.82, 2.24) is 0 Å². The Morgan fingerprint density at radius 1 is 0.629 bits per heavy atom. The fourth-order valence-corrected chi connectivity index (χ4v) is 4.46. The minimum Gasteiger partial charge on any atom is -0.320 e. The van der Waals surface area contributed by atoms with Gasteiger partial charge in [0.15, 0.2) is 0 Å². The van der Waals surface area contributed by atoms with Crippen LogP contribution >= 0.6 is 0 Å². The first-order valence-electron chi connectivity index (χ1n) is 12.0. The van der Waals surface area contributed by atoms with Crippen LogP contribution in [0.15, 0.2) is 84.9 Å². The molecule has 0 radical (unpaired) electrons. The van der Waals surface area contributed by atoms with Gasteiger partial charge in [0.2, 0.25) is 11.8 Å². The van der Waals surface area contributed by atoms with Crippen LogP contribution in [0.4, 0.5) is 11.4 Å². The third kappa shape index (κ3) is 5.19. The van der Waals surface area contributed by atoms with Gasteiger partial charge < -0.3 is 21.3 Å². The molecule has 0 fully saturated rings. The molecule has 35 heavy (non-hydrogen) atoms. The number of carbonyl (C=O) groups is 2. The predicted molar refractivity (Wildman–Crippen MR) is 145 cm³/mol. The Hall–Kier alpha value is -3.74. The van der Waals surface area contributed by atoms with E-state index in [0.29, 0.717) is 19.5 Å². The van der Waals surface area contributed by atoms with E-state index in [1.807, 2.05) is 84.9 Å². The van der Waals surface area contributed by atoms with Gasteiger partial charge in [-0.3, -0.25) is 9.59 Å². The lowest BCUT2D eigenvalue weighted by Crippen LogP contribution is -2.45. The maximum Gasteiger partial charge on any atom is 0.243 e. The fourth-order valence-electron chi connectivity index (χ4n) is 4.46. The predicted octanol–water partition coefficient (Wildman–Crippen LogP) is 4.44. The lowest BCUT2D eigenvalue weighted by atomic mass is 10.1. The molecule has 4 aromatic carbocycles. The van der Waals surface area contributed by atoms with Crippen molar-refractivity contribution in [1.29, 1.82) is 0 Å². The average molecular weight is 469 g/mol. The smallest absolute Gasteiger partial charge is 0.243 e. The zero-order chi connectivity index (χ0) is 24.9. The molecule has 0 aromatic heterocycles. The summed E-state index contributed by atoms with van der Waals surface area (Å²) in [6.07, 6.45) is 0.559. The monoisotopic (exact) mass is 468 g/mol. The van der Waals surface area contributed by atoms with E-state index < -0.39 is 12.1 Å². The van der Waals surface area contributed by atoms with Crippen molar-refractivity contribution < 1.29 is 9.59 Å². The molecule has 2 atom stereocenters. The third-order valence-electron chi connectivity index (χ3n) is 6.19. The first-order valence-corrected chi connectivity index (χ1v) is 12.0. The molecule has 0 saturated heterocycles. The number of rotatable bonds is 8. The number of amides is 2. The summed E-state index contributed by atoms with van der Waals surface area (Å²) >= 11 is 0. The van der Waals surface area contributed by atoms with E-state index >= 15 is 0 Å². The van der Waals surface area contributed by atoms with E-state index in [2.05, 4.69) is 0 Å². The minimum absolute atomic E-state index is 0.156. The number of benzene rings is 4. The van der Waals surface area contributed by atoms with E-state index in [1.165, 1.54) is 0 Å². The van der Waals surface area contributed by atoms with Crippen LogP contribution in [0.5, 0.6) is 0 Å². The normalized spacial score (nSPS) is 12.9. The molecule has 4 rings (SSSR count). The van der Waals surface area contributed by atoms with Gasteiger partial charge >= 0.3 is 0 Å². The Bertz CT molecular complexity index is 1240. The summed E-state index contributed by atoms with van der Waals surface area (Å²) in [5, 5.41) is 4.08. The van der Waals surface area contributed by atoms with E-state index in [4.69, 9.17) is 11.5 Å². The van der Waals surface area contributed by atoms with Gasteiger partial charge in [0, 0.05) is 23.9 Å². The van der Waals surface area contributed by atoms with Gasteiger partial charge in [-0.15, -0.1) is 0 Å². The number of nitrogens with two attached hydrogens (primary N) is 2. The maximum atomic E-state index is 13.2. The van der Waals surface area contributed by atoms with E-state index in [9.17, 15) is 9.59 Å². The molecule has 4 N–H and O–H groups in total. The second-order valence-corrected chi connectivity index (χ2v) is 8.91. The van der Waals surface area contributed by atoms with Crippen molar-refractivity contribution in [3.05, 3.63) is 84.9 Å². The van der Waals surface area contributed by atoms with Gasteiger partial charge in [0.05, 0.1) is 23.5 Å². The number of hydrogen-bond donors (Lipinski definition) is 2. The molecule has 0 unspecified atom stereocenters. The lowest BCUT2D eigenvalue weighted by Gasteiger charge is -2.29. The highest BCUT2D eigenvalue weighted by Crippen LogP contribution is 2.29. The molecule has 0 aliphatic carbocycles. The molecule has 0 bridgehead atoms. The summed E-state index contributed by atoms with van der Waals surface area (Å²) in [6, 6.07) is 26.5. The highest BCUT2D eigenvalue weighted by atomic mass is 16.2. The maximum absolute atomic E-state index is 13.2. The molecular weight excluding hydrogens is 436 g/mol. The van der Waals surface area contributed by atoms with E-state index in [1.54, 1.807) is 23.6 Å². The van der Waals surface area contributed by atoms with Gasteiger partial charge in [-0.2, -0.15) is 0 Å². The van der Waals surface area contributed by atoms with Crippen LogP contribution in [-0.4, -0.2) is 37.0 Å². The van der Waals surface area contributed by atoms with Crippen molar-refractivity contribution in [3.8, 4) is 0 Å². The number of hydrogen-bond acceptors (Lipinski definition) is 4. The highest BCUT2D eigenvalue weighted by Gasteiger charge is 2.24. The largest absolute Gasteiger partial charge is 0.320 e. The Balaban J connectivity index is 1.64. The zero-order valence-electron chi connectivity index (χ0n) is 20.2. The molecule has 0 saturated carbocycles. The van der Waals surface area contributed by atoms with Crippen molar-refractivity contribution in [2.24, 2.45) is 11.5 Å². The Kier molecular flexibility index (Phi) is 7.44. The Labute approximate surface area is 206 Å². The van der Waals surface area contributed by atoms with E-state index in [-0.39, 0.29) is 11.8 Å². The van der Waals surface area contributed by atoms with Crippen molar-refractivity contribution in [2.75, 3.05) is 22.9 Å². The number of anilines is 2. The summed E-state index contributed by atoms with van der Waals surface area (Å²) in [5.74, 6) is -0.312. The number of carbonyl (C=O) groups excluding carboxylic acids is 2. The quantitative estimate of drug-likeness (QED) is 0.400. The molecule has 0 spiro atoms. The Morgan fingerprint density at radius 3 is 1.40 bits per heavy atom. The molecule has 0 heterocycles. The lowest BCUT2D eigenvalue weighted by molar-refractivity contribution is -0.119. The fraction of sp³-hybridized carbons (Fsp3) is 0.241. The van der Waals surface area contributed by atoms with Gasteiger partial charge in [-0.05, 0) is 43.2 Å². The van der Waals surface area contributed by atoms with Crippen LogP contribution in [0.25, 0.3) is 21.5 Å². The van der Waals surface area contributed by atoms with Crippen LogP contribution in [0.1, 0.15) is 20.3 Å². The van der Waals surface area contributed by atoms with Gasteiger partial charge in [0.1, 0.15) is 0 Å². The molecule has 0 aliphatic heterocycles. The van der Waals surface area contributed by atoms with Gasteiger partial charge in [0.25, 0.3) is 0 Å². The van der Waals surface area contributed by atoms with Crippen molar-refractivity contribution in [3.63, 3.8) is 0 Å². The topological polar surface area (TPSA) is 92.7 Å². The SMILES string of the molecule is C[C@H](N)C(=O)N(CCCN(C(=O)[C@H](C)N)c1cccc2ccccc12)c1cccc2ccccc12. The first-order chi connectivity index (χ1) is 16.9. The molecule has 4 aromatic rings. The second-order valence-electron chi connectivity index (χ2n) is 8.91. The molecular formula is C29H32N4O2. The second kappa shape index (κ2) is 10.7. The molecule has 6 nitrogen and oxygen atoms in total. The molecule has 0 aliphatic rings. The summed E-state index contributed by atoms with van der Waals surface area (Å²) < 4.78 is 0. The molecule has 180 valence electrons. The van der Waals surface area contributed by atoms with Crippen molar-refractivity contribution in [2.45, 2.75) is 32.4 Å². The van der Waals surface area contributed by atoms with Crippen LogP contribution < -0.4 is 21.3 Å². The highest BCUT2D eigenvalue weighted by molar-refractivity contribution is 6.06. The van der Waals surface area contributed by atoms with Crippen LogP contribution in [0, 0.1) is 0 Å². The number of nitrogens with zero attached hydrogens (tertiary/aromatic N) is 2.